The number of rotatable bonds is 13. The van der Waals surface area contributed by atoms with E-state index in [1.54, 1.807) is 12.1 Å². The minimum absolute atomic E-state index is 0.0521. The van der Waals surface area contributed by atoms with Crippen LogP contribution in [-0.2, 0) is 26.2 Å². The van der Waals surface area contributed by atoms with Crippen LogP contribution in [0.2, 0.25) is 0 Å². The zero-order valence-electron chi connectivity index (χ0n) is 24.0. The Morgan fingerprint density at radius 1 is 0.952 bits per heavy atom. The highest BCUT2D eigenvalue weighted by Crippen LogP contribution is 2.27. The van der Waals surface area contributed by atoms with Gasteiger partial charge in [0, 0.05) is 12.6 Å². The Bertz CT molecular complexity index is 1430. The summed E-state index contributed by atoms with van der Waals surface area (Å²) in [7, 11) is -4.26. The first-order valence-corrected chi connectivity index (χ1v) is 15.8. The summed E-state index contributed by atoms with van der Waals surface area (Å²) in [6.45, 7) is 3.62. The lowest BCUT2D eigenvalue weighted by Crippen LogP contribution is -2.53. The summed E-state index contributed by atoms with van der Waals surface area (Å²) in [6, 6.07) is 19.4. The van der Waals surface area contributed by atoms with Crippen LogP contribution < -0.4 is 14.4 Å². The number of nitrogens with zero attached hydrogens (tertiary/aromatic N) is 2. The van der Waals surface area contributed by atoms with E-state index in [-0.39, 0.29) is 29.1 Å². The summed E-state index contributed by atoms with van der Waals surface area (Å²) >= 11 is 0. The molecule has 0 aromatic heterocycles. The molecule has 0 heterocycles. The predicted molar refractivity (Wildman–Crippen MR) is 160 cm³/mol. The summed E-state index contributed by atoms with van der Waals surface area (Å²) in [5.74, 6) is -0.833. The molecule has 3 aromatic carbocycles. The van der Waals surface area contributed by atoms with Gasteiger partial charge in [-0.05, 0) is 80.3 Å². The molecule has 8 nitrogen and oxygen atoms in total. The molecule has 1 atom stereocenters. The second kappa shape index (κ2) is 14.3. The number of benzene rings is 3. The second-order valence-corrected chi connectivity index (χ2v) is 12.2. The van der Waals surface area contributed by atoms with Crippen LogP contribution in [0, 0.1) is 5.82 Å². The number of amides is 2. The van der Waals surface area contributed by atoms with E-state index in [0.29, 0.717) is 18.8 Å². The van der Waals surface area contributed by atoms with Crippen molar-refractivity contribution in [1.82, 2.24) is 10.2 Å². The van der Waals surface area contributed by atoms with E-state index in [0.717, 1.165) is 47.7 Å². The number of sulfonamides is 1. The first-order valence-electron chi connectivity index (χ1n) is 14.4. The van der Waals surface area contributed by atoms with Gasteiger partial charge in [0.1, 0.15) is 24.2 Å². The molecular formula is C32H38FN3O5S. The van der Waals surface area contributed by atoms with Crippen molar-refractivity contribution in [3.63, 3.8) is 0 Å². The van der Waals surface area contributed by atoms with Gasteiger partial charge in [-0.25, -0.2) is 12.8 Å². The standard InChI is InChI=1S/C32H38FN3O5S/c1-3-30(32(38)34-26-12-8-9-13-26)35(22-24-10-6-5-7-11-24)31(37)23-36(27-16-14-25(33)15-17-27)42(39,40)29-20-18-28(19-21-29)41-4-2/h5-7,10-11,14-21,26,30H,3-4,8-9,12-13,22-23H2,1-2H3,(H,34,38). The number of nitrogens with one attached hydrogen (secondary N) is 1. The van der Waals surface area contributed by atoms with Gasteiger partial charge in [-0.15, -0.1) is 0 Å². The molecule has 224 valence electrons. The van der Waals surface area contributed by atoms with Crippen molar-refractivity contribution in [2.45, 2.75) is 69.5 Å². The molecule has 1 aliphatic rings. The molecule has 1 N–H and O–H groups in total. The van der Waals surface area contributed by atoms with E-state index in [1.807, 2.05) is 44.2 Å². The average Bonchev–Trinajstić information content (AvgIpc) is 3.50. The van der Waals surface area contributed by atoms with Crippen LogP contribution in [-0.4, -0.2) is 50.4 Å². The summed E-state index contributed by atoms with van der Waals surface area (Å²) in [5, 5.41) is 3.10. The lowest BCUT2D eigenvalue weighted by Gasteiger charge is -2.33. The van der Waals surface area contributed by atoms with Crippen molar-refractivity contribution < 1.29 is 27.1 Å². The molecular weight excluding hydrogens is 557 g/mol. The highest BCUT2D eigenvalue weighted by Gasteiger charge is 2.34. The number of hydrogen-bond donors (Lipinski definition) is 1. The normalized spacial score (nSPS) is 14.3. The highest BCUT2D eigenvalue weighted by molar-refractivity contribution is 7.92. The summed E-state index contributed by atoms with van der Waals surface area (Å²) in [4.78, 5) is 29.0. The highest BCUT2D eigenvalue weighted by atomic mass is 32.2. The number of ether oxygens (including phenoxy) is 1. The van der Waals surface area contributed by atoms with E-state index >= 15 is 0 Å². The zero-order valence-corrected chi connectivity index (χ0v) is 24.9. The SMILES string of the molecule is CCOc1ccc(S(=O)(=O)N(CC(=O)N(Cc2ccccc2)C(CC)C(=O)NC2CCCC2)c2ccc(F)cc2)cc1. The van der Waals surface area contributed by atoms with E-state index in [4.69, 9.17) is 4.74 Å². The summed E-state index contributed by atoms with van der Waals surface area (Å²) < 4.78 is 48.1. The number of carbonyl (C=O) groups excluding carboxylic acids is 2. The van der Waals surface area contributed by atoms with Gasteiger partial charge < -0.3 is 15.0 Å². The lowest BCUT2D eigenvalue weighted by atomic mass is 10.1. The first-order chi connectivity index (χ1) is 20.2. The van der Waals surface area contributed by atoms with Crippen LogP contribution in [0.15, 0.2) is 83.8 Å². The zero-order chi connectivity index (χ0) is 30.1. The fraction of sp³-hybridized carbons (Fsp3) is 0.375. The Hall–Kier alpha value is -3.92. The number of hydrogen-bond acceptors (Lipinski definition) is 5. The Morgan fingerprint density at radius 2 is 1.60 bits per heavy atom. The van der Waals surface area contributed by atoms with Crippen molar-refractivity contribution in [3.8, 4) is 5.75 Å². The largest absolute Gasteiger partial charge is 0.494 e. The van der Waals surface area contributed by atoms with Crippen molar-refractivity contribution in [3.05, 3.63) is 90.2 Å². The van der Waals surface area contributed by atoms with Gasteiger partial charge in [-0.2, -0.15) is 0 Å². The van der Waals surface area contributed by atoms with Gasteiger partial charge in [-0.1, -0.05) is 50.1 Å². The maximum absolute atomic E-state index is 14.1. The third-order valence-electron chi connectivity index (χ3n) is 7.40. The van der Waals surface area contributed by atoms with Crippen molar-refractivity contribution in [2.24, 2.45) is 0 Å². The van der Waals surface area contributed by atoms with Crippen LogP contribution >= 0.6 is 0 Å². The van der Waals surface area contributed by atoms with Crippen molar-refractivity contribution in [2.75, 3.05) is 17.5 Å². The Kier molecular flexibility index (Phi) is 10.6. The van der Waals surface area contributed by atoms with Crippen molar-refractivity contribution >= 4 is 27.5 Å². The number of carbonyl (C=O) groups is 2. The molecule has 0 radical (unpaired) electrons. The molecule has 2 amide bonds. The fourth-order valence-corrected chi connectivity index (χ4v) is 6.62. The summed E-state index contributed by atoms with van der Waals surface area (Å²) in [6.07, 6.45) is 4.23. The molecule has 0 spiro atoms. The monoisotopic (exact) mass is 595 g/mol. The van der Waals surface area contributed by atoms with Gasteiger partial charge in [-0.3, -0.25) is 13.9 Å². The second-order valence-electron chi connectivity index (χ2n) is 10.3. The molecule has 1 unspecified atom stereocenters. The minimum atomic E-state index is -4.26. The Labute approximate surface area is 247 Å². The molecule has 0 bridgehead atoms. The quantitative estimate of drug-likeness (QED) is 0.290. The average molecular weight is 596 g/mol. The van der Waals surface area contributed by atoms with Crippen LogP contribution in [0.4, 0.5) is 10.1 Å². The first kappa shape index (κ1) is 31.0. The smallest absolute Gasteiger partial charge is 0.264 e. The number of halogens is 1. The molecule has 1 aliphatic carbocycles. The Balaban J connectivity index is 1.69. The van der Waals surface area contributed by atoms with E-state index in [9.17, 15) is 22.4 Å². The van der Waals surface area contributed by atoms with Crippen LogP contribution in [0.25, 0.3) is 0 Å². The van der Waals surface area contributed by atoms with Gasteiger partial charge >= 0.3 is 0 Å². The number of anilines is 1. The van der Waals surface area contributed by atoms with E-state index < -0.39 is 34.3 Å². The molecule has 3 aromatic rings. The lowest BCUT2D eigenvalue weighted by molar-refractivity contribution is -0.140. The molecule has 4 rings (SSSR count). The van der Waals surface area contributed by atoms with Crippen LogP contribution in [0.5, 0.6) is 5.75 Å². The van der Waals surface area contributed by atoms with Gasteiger partial charge in [0.25, 0.3) is 10.0 Å². The molecule has 10 heteroatoms. The molecule has 42 heavy (non-hydrogen) atoms. The van der Waals surface area contributed by atoms with E-state index in [2.05, 4.69) is 5.32 Å². The molecule has 0 aliphatic heterocycles. The maximum atomic E-state index is 14.1. The minimum Gasteiger partial charge on any atom is -0.494 e. The molecule has 1 saturated carbocycles. The van der Waals surface area contributed by atoms with Gasteiger partial charge in [0.15, 0.2) is 0 Å². The van der Waals surface area contributed by atoms with E-state index in [1.165, 1.54) is 29.2 Å². The third kappa shape index (κ3) is 7.67. The molecule has 0 saturated heterocycles. The van der Waals surface area contributed by atoms with Crippen LogP contribution in [0.3, 0.4) is 0 Å². The molecule has 1 fully saturated rings. The topological polar surface area (TPSA) is 96.0 Å². The van der Waals surface area contributed by atoms with Crippen LogP contribution in [0.1, 0.15) is 51.5 Å². The Morgan fingerprint density at radius 3 is 2.19 bits per heavy atom. The third-order valence-corrected chi connectivity index (χ3v) is 9.19. The summed E-state index contributed by atoms with van der Waals surface area (Å²) in [5.41, 5.74) is 0.933. The maximum Gasteiger partial charge on any atom is 0.264 e. The fourth-order valence-electron chi connectivity index (χ4n) is 5.20. The van der Waals surface area contributed by atoms with Gasteiger partial charge in [0.05, 0.1) is 17.2 Å². The van der Waals surface area contributed by atoms with Gasteiger partial charge in [0.2, 0.25) is 11.8 Å². The van der Waals surface area contributed by atoms with Crippen molar-refractivity contribution in [1.29, 1.82) is 0 Å². The predicted octanol–water partition coefficient (Wildman–Crippen LogP) is 5.29.